The van der Waals surface area contributed by atoms with E-state index in [0.29, 0.717) is 28.0 Å². The Labute approximate surface area is 109 Å². The quantitative estimate of drug-likeness (QED) is 0.654. The maximum absolute atomic E-state index is 11.4. The van der Waals surface area contributed by atoms with E-state index in [0.717, 1.165) is 6.29 Å². The Kier molecular flexibility index (Phi) is 2.58. The second kappa shape index (κ2) is 4.39. The van der Waals surface area contributed by atoms with E-state index in [4.69, 9.17) is 0 Å². The molecule has 0 saturated carbocycles. The van der Waals surface area contributed by atoms with Gasteiger partial charge in [-0.2, -0.15) is 5.26 Å². The van der Waals surface area contributed by atoms with Gasteiger partial charge >= 0.3 is 0 Å². The summed E-state index contributed by atoms with van der Waals surface area (Å²) in [6.45, 7) is 0. The van der Waals surface area contributed by atoms with Crippen LogP contribution in [0, 0.1) is 11.3 Å². The van der Waals surface area contributed by atoms with Crippen LogP contribution < -0.4 is 0 Å². The first-order valence-corrected chi connectivity index (χ1v) is 5.76. The summed E-state index contributed by atoms with van der Waals surface area (Å²) in [6, 6.07) is 13.1. The number of nitrogens with zero attached hydrogens (tertiary/aromatic N) is 3. The Morgan fingerprint density at radius 1 is 1.21 bits per heavy atom. The Bertz CT molecular complexity index is 797. The minimum absolute atomic E-state index is 0.382. The SMILES string of the molecule is N#Cc1c(C=O)c(-c2ccccn2)n2ccccc12. The summed E-state index contributed by atoms with van der Waals surface area (Å²) in [4.78, 5) is 15.6. The van der Waals surface area contributed by atoms with Crippen molar-refractivity contribution in [2.24, 2.45) is 0 Å². The van der Waals surface area contributed by atoms with E-state index in [1.165, 1.54) is 0 Å². The van der Waals surface area contributed by atoms with Gasteiger partial charge in [-0.05, 0) is 24.3 Å². The summed E-state index contributed by atoms with van der Waals surface area (Å²) in [5, 5.41) is 9.27. The molecule has 0 spiro atoms. The van der Waals surface area contributed by atoms with Crippen LogP contribution in [0.25, 0.3) is 16.9 Å². The molecule has 0 radical (unpaired) electrons. The topological polar surface area (TPSA) is 58.2 Å². The maximum atomic E-state index is 11.4. The zero-order valence-electron chi connectivity index (χ0n) is 9.95. The lowest BCUT2D eigenvalue weighted by Gasteiger charge is -2.02. The van der Waals surface area contributed by atoms with Crippen molar-refractivity contribution < 1.29 is 4.79 Å². The molecule has 0 atom stereocenters. The monoisotopic (exact) mass is 247 g/mol. The number of hydrogen-bond acceptors (Lipinski definition) is 3. The minimum atomic E-state index is 0.382. The van der Waals surface area contributed by atoms with E-state index in [-0.39, 0.29) is 0 Å². The number of hydrogen-bond donors (Lipinski definition) is 0. The van der Waals surface area contributed by atoms with Crippen LogP contribution in [-0.2, 0) is 0 Å². The second-order valence-electron chi connectivity index (χ2n) is 4.04. The van der Waals surface area contributed by atoms with E-state index in [1.807, 2.05) is 47.0 Å². The molecule has 0 aliphatic heterocycles. The molecular weight excluding hydrogens is 238 g/mol. The normalized spacial score (nSPS) is 10.3. The van der Waals surface area contributed by atoms with E-state index in [1.54, 1.807) is 6.20 Å². The number of carbonyl (C=O) groups is 1. The van der Waals surface area contributed by atoms with Crippen molar-refractivity contribution in [2.75, 3.05) is 0 Å². The predicted molar refractivity (Wildman–Crippen MR) is 70.7 cm³/mol. The molecule has 0 amide bonds. The molecule has 4 heteroatoms. The van der Waals surface area contributed by atoms with Gasteiger partial charge in [-0.3, -0.25) is 9.78 Å². The first-order chi connectivity index (χ1) is 9.36. The van der Waals surface area contributed by atoms with Gasteiger partial charge in [0.2, 0.25) is 0 Å². The van der Waals surface area contributed by atoms with Crippen LogP contribution >= 0.6 is 0 Å². The van der Waals surface area contributed by atoms with Gasteiger partial charge < -0.3 is 4.40 Å². The number of rotatable bonds is 2. The van der Waals surface area contributed by atoms with Gasteiger partial charge in [-0.15, -0.1) is 0 Å². The lowest BCUT2D eigenvalue weighted by atomic mass is 10.1. The first-order valence-electron chi connectivity index (χ1n) is 5.76. The molecule has 0 unspecified atom stereocenters. The number of pyridine rings is 2. The third-order valence-corrected chi connectivity index (χ3v) is 3.02. The van der Waals surface area contributed by atoms with Gasteiger partial charge in [0, 0.05) is 12.4 Å². The van der Waals surface area contributed by atoms with Crippen LogP contribution in [-0.4, -0.2) is 15.7 Å². The highest BCUT2D eigenvalue weighted by Gasteiger charge is 2.19. The molecule has 0 fully saturated rings. The van der Waals surface area contributed by atoms with Gasteiger partial charge in [0.25, 0.3) is 0 Å². The van der Waals surface area contributed by atoms with Gasteiger partial charge in [0.1, 0.15) is 6.07 Å². The van der Waals surface area contributed by atoms with Crippen molar-refractivity contribution in [3.8, 4) is 17.5 Å². The van der Waals surface area contributed by atoms with Crippen molar-refractivity contribution in [3.63, 3.8) is 0 Å². The Balaban J connectivity index is 2.48. The highest BCUT2D eigenvalue weighted by molar-refractivity contribution is 5.94. The van der Waals surface area contributed by atoms with Gasteiger partial charge in [-0.1, -0.05) is 12.1 Å². The smallest absolute Gasteiger partial charge is 0.153 e. The zero-order valence-corrected chi connectivity index (χ0v) is 9.95. The number of fused-ring (bicyclic) bond motifs is 1. The molecule has 90 valence electrons. The van der Waals surface area contributed by atoms with Gasteiger partial charge in [0.15, 0.2) is 6.29 Å². The molecule has 3 aromatic heterocycles. The standard InChI is InChI=1S/C15H9N3O/c16-9-11-12(10-19)15(13-5-1-3-7-17-13)18-8-4-2-6-14(11)18/h1-8,10H. The Morgan fingerprint density at radius 2 is 2.05 bits per heavy atom. The van der Waals surface area contributed by atoms with Crippen molar-refractivity contribution in [1.82, 2.24) is 9.38 Å². The summed E-state index contributed by atoms with van der Waals surface area (Å²) in [6.07, 6.45) is 4.21. The Morgan fingerprint density at radius 3 is 2.74 bits per heavy atom. The van der Waals surface area contributed by atoms with Crippen LogP contribution in [0.2, 0.25) is 0 Å². The molecule has 0 N–H and O–H groups in total. The predicted octanol–water partition coefficient (Wildman–Crippen LogP) is 2.69. The average molecular weight is 247 g/mol. The van der Waals surface area contributed by atoms with E-state index in [9.17, 15) is 10.1 Å². The third-order valence-electron chi connectivity index (χ3n) is 3.02. The fourth-order valence-corrected chi connectivity index (χ4v) is 2.22. The summed E-state index contributed by atoms with van der Waals surface area (Å²) in [7, 11) is 0. The zero-order chi connectivity index (χ0) is 13.2. The number of nitriles is 1. The molecule has 3 aromatic rings. The molecule has 0 bridgehead atoms. The van der Waals surface area contributed by atoms with Crippen molar-refractivity contribution in [3.05, 3.63) is 59.9 Å². The largest absolute Gasteiger partial charge is 0.313 e. The highest BCUT2D eigenvalue weighted by atomic mass is 16.1. The summed E-state index contributed by atoms with van der Waals surface area (Å²) in [5.41, 5.74) is 2.81. The summed E-state index contributed by atoms with van der Waals surface area (Å²) < 4.78 is 1.82. The molecule has 19 heavy (non-hydrogen) atoms. The molecule has 0 saturated heterocycles. The highest BCUT2D eigenvalue weighted by Crippen LogP contribution is 2.29. The second-order valence-corrected chi connectivity index (χ2v) is 4.04. The molecule has 0 aliphatic carbocycles. The first kappa shape index (κ1) is 11.2. The number of aldehydes is 1. The van der Waals surface area contributed by atoms with Crippen LogP contribution in [0.4, 0.5) is 0 Å². The van der Waals surface area contributed by atoms with E-state index < -0.39 is 0 Å². The van der Waals surface area contributed by atoms with Gasteiger partial charge in [0.05, 0.1) is 28.0 Å². The fourth-order valence-electron chi connectivity index (χ4n) is 2.22. The number of aromatic nitrogens is 2. The van der Waals surface area contributed by atoms with Crippen LogP contribution in [0.1, 0.15) is 15.9 Å². The van der Waals surface area contributed by atoms with Crippen LogP contribution in [0.3, 0.4) is 0 Å². The minimum Gasteiger partial charge on any atom is -0.313 e. The maximum Gasteiger partial charge on any atom is 0.153 e. The third kappa shape index (κ3) is 1.60. The molecule has 3 rings (SSSR count). The van der Waals surface area contributed by atoms with Crippen molar-refractivity contribution in [1.29, 1.82) is 5.26 Å². The summed E-state index contributed by atoms with van der Waals surface area (Å²) in [5.74, 6) is 0. The van der Waals surface area contributed by atoms with Crippen molar-refractivity contribution >= 4 is 11.8 Å². The molecule has 3 heterocycles. The summed E-state index contributed by atoms with van der Waals surface area (Å²) >= 11 is 0. The van der Waals surface area contributed by atoms with E-state index >= 15 is 0 Å². The number of carbonyl (C=O) groups excluding carboxylic acids is 1. The molecular formula is C15H9N3O. The van der Waals surface area contributed by atoms with Crippen molar-refractivity contribution in [2.45, 2.75) is 0 Å². The van der Waals surface area contributed by atoms with Gasteiger partial charge in [-0.25, -0.2) is 0 Å². The molecule has 4 nitrogen and oxygen atoms in total. The molecule has 0 aliphatic rings. The lowest BCUT2D eigenvalue weighted by Crippen LogP contribution is -1.92. The molecule has 0 aromatic carbocycles. The van der Waals surface area contributed by atoms with Crippen LogP contribution in [0.15, 0.2) is 48.8 Å². The average Bonchev–Trinajstić information content (AvgIpc) is 2.81. The van der Waals surface area contributed by atoms with Crippen LogP contribution in [0.5, 0.6) is 0 Å². The van der Waals surface area contributed by atoms with E-state index in [2.05, 4.69) is 11.1 Å². The Hall–Kier alpha value is -2.93. The fraction of sp³-hybridized carbons (Fsp3) is 0. The lowest BCUT2D eigenvalue weighted by molar-refractivity contribution is 0.112.